The number of aryl methyl sites for hydroxylation is 1. The molecule has 1 aromatic heterocycles. The minimum atomic E-state index is -0.00428. The van der Waals surface area contributed by atoms with Crippen LogP contribution < -0.4 is 0 Å². The van der Waals surface area contributed by atoms with Gasteiger partial charge in [-0.3, -0.25) is 9.78 Å². The number of benzene rings is 1. The molecule has 0 aliphatic carbocycles. The average Bonchev–Trinajstić information content (AvgIpc) is 2.52. The summed E-state index contributed by atoms with van der Waals surface area (Å²) >= 11 is 0. The highest BCUT2D eigenvalue weighted by Crippen LogP contribution is 2.19. The first kappa shape index (κ1) is 15.0. The lowest BCUT2D eigenvalue weighted by atomic mass is 10.1. The molecule has 2 rings (SSSR count). The maximum absolute atomic E-state index is 12.3. The zero-order chi connectivity index (χ0) is 15.2. The number of carbonyl (C=O) groups excluding carboxylic acids is 1. The van der Waals surface area contributed by atoms with Gasteiger partial charge in [-0.15, -0.1) is 0 Å². The highest BCUT2D eigenvalue weighted by molar-refractivity contribution is 5.76. The van der Waals surface area contributed by atoms with Gasteiger partial charge in [0.15, 0.2) is 0 Å². The van der Waals surface area contributed by atoms with Crippen molar-refractivity contribution in [2.75, 3.05) is 7.05 Å². The molecule has 1 aromatic carbocycles. The minimum Gasteiger partial charge on any atom is -0.508 e. The van der Waals surface area contributed by atoms with E-state index in [-0.39, 0.29) is 17.7 Å². The number of phenolic OH excluding ortho intramolecular Hbond substituents is 1. The molecule has 0 fully saturated rings. The molecule has 2 aromatic rings. The van der Waals surface area contributed by atoms with Crippen molar-refractivity contribution in [2.24, 2.45) is 0 Å². The molecule has 0 radical (unpaired) electrons. The van der Waals surface area contributed by atoms with Gasteiger partial charge >= 0.3 is 0 Å². The number of amides is 1. The Balaban J connectivity index is 1.94. The van der Waals surface area contributed by atoms with E-state index in [1.54, 1.807) is 35.5 Å². The topological polar surface area (TPSA) is 53.4 Å². The average molecular weight is 284 g/mol. The number of nitrogens with zero attached hydrogens (tertiary/aromatic N) is 2. The van der Waals surface area contributed by atoms with Crippen LogP contribution in [0, 0.1) is 0 Å². The van der Waals surface area contributed by atoms with E-state index in [4.69, 9.17) is 0 Å². The highest BCUT2D eigenvalue weighted by Gasteiger charge is 2.17. The summed E-state index contributed by atoms with van der Waals surface area (Å²) in [6, 6.07) is 10.9. The van der Waals surface area contributed by atoms with E-state index in [2.05, 4.69) is 4.98 Å². The van der Waals surface area contributed by atoms with E-state index in [0.29, 0.717) is 12.8 Å². The third kappa shape index (κ3) is 4.05. The summed E-state index contributed by atoms with van der Waals surface area (Å²) in [6.07, 6.45) is 4.55. The van der Waals surface area contributed by atoms with Crippen LogP contribution in [0.5, 0.6) is 5.75 Å². The highest BCUT2D eigenvalue weighted by atomic mass is 16.3. The van der Waals surface area contributed by atoms with Crippen LogP contribution in [0.15, 0.2) is 48.8 Å². The number of pyridine rings is 1. The first-order valence-corrected chi connectivity index (χ1v) is 7.01. The maximum atomic E-state index is 12.3. The number of hydrogen-bond acceptors (Lipinski definition) is 3. The standard InChI is InChI=1S/C17H20N2O2/c1-13(15-6-4-10-18-12-15)19(2)17(21)9-8-14-5-3-7-16(20)11-14/h3-7,10-13,20H,8-9H2,1-2H3/t13-/m0/s1. The van der Waals surface area contributed by atoms with E-state index in [9.17, 15) is 9.90 Å². The van der Waals surface area contributed by atoms with Gasteiger partial charge in [0.25, 0.3) is 0 Å². The number of aromatic hydroxyl groups is 1. The second-order valence-electron chi connectivity index (χ2n) is 5.14. The predicted octanol–water partition coefficient (Wildman–Crippen LogP) is 2.94. The Morgan fingerprint density at radius 1 is 1.33 bits per heavy atom. The molecule has 0 saturated heterocycles. The first-order valence-electron chi connectivity index (χ1n) is 7.01. The monoisotopic (exact) mass is 284 g/mol. The summed E-state index contributed by atoms with van der Waals surface area (Å²) in [7, 11) is 1.81. The summed E-state index contributed by atoms with van der Waals surface area (Å²) in [5.74, 6) is 0.312. The molecular formula is C17H20N2O2. The Bertz CT molecular complexity index is 599. The van der Waals surface area contributed by atoms with E-state index in [1.165, 1.54) is 0 Å². The van der Waals surface area contributed by atoms with Gasteiger partial charge in [-0.2, -0.15) is 0 Å². The van der Waals surface area contributed by atoms with Crippen LogP contribution in [-0.4, -0.2) is 27.9 Å². The third-order valence-electron chi connectivity index (χ3n) is 3.68. The van der Waals surface area contributed by atoms with Crippen molar-refractivity contribution in [3.05, 3.63) is 59.9 Å². The summed E-state index contributed by atoms with van der Waals surface area (Å²) in [5.41, 5.74) is 1.98. The van der Waals surface area contributed by atoms with Crippen molar-refractivity contribution >= 4 is 5.91 Å². The number of aromatic nitrogens is 1. The molecule has 0 saturated carbocycles. The van der Waals surface area contributed by atoms with Gasteiger partial charge in [0.1, 0.15) is 5.75 Å². The quantitative estimate of drug-likeness (QED) is 0.918. The van der Waals surface area contributed by atoms with Crippen molar-refractivity contribution in [2.45, 2.75) is 25.8 Å². The lowest BCUT2D eigenvalue weighted by Gasteiger charge is -2.25. The van der Waals surface area contributed by atoms with Gasteiger partial charge in [-0.1, -0.05) is 18.2 Å². The predicted molar refractivity (Wildman–Crippen MR) is 81.8 cm³/mol. The fourth-order valence-electron chi connectivity index (χ4n) is 2.20. The van der Waals surface area contributed by atoms with E-state index >= 15 is 0 Å². The second kappa shape index (κ2) is 6.88. The van der Waals surface area contributed by atoms with Gasteiger partial charge in [-0.05, 0) is 42.7 Å². The Morgan fingerprint density at radius 3 is 2.81 bits per heavy atom. The van der Waals surface area contributed by atoms with Crippen LogP contribution in [-0.2, 0) is 11.2 Å². The normalized spacial score (nSPS) is 11.9. The van der Waals surface area contributed by atoms with Crippen LogP contribution >= 0.6 is 0 Å². The number of phenols is 1. The largest absolute Gasteiger partial charge is 0.508 e. The first-order chi connectivity index (χ1) is 10.1. The molecule has 0 aliphatic rings. The van der Waals surface area contributed by atoms with E-state index < -0.39 is 0 Å². The molecule has 0 bridgehead atoms. The fraction of sp³-hybridized carbons (Fsp3) is 0.294. The summed E-state index contributed by atoms with van der Waals surface area (Å²) < 4.78 is 0. The molecule has 0 unspecified atom stereocenters. The van der Waals surface area contributed by atoms with Gasteiger partial charge in [0.2, 0.25) is 5.91 Å². The third-order valence-corrected chi connectivity index (χ3v) is 3.68. The molecule has 21 heavy (non-hydrogen) atoms. The smallest absolute Gasteiger partial charge is 0.223 e. The maximum Gasteiger partial charge on any atom is 0.223 e. The molecule has 1 heterocycles. The Kier molecular flexibility index (Phi) is 4.93. The summed E-state index contributed by atoms with van der Waals surface area (Å²) in [6.45, 7) is 1.99. The summed E-state index contributed by atoms with van der Waals surface area (Å²) in [5, 5.41) is 9.42. The number of hydrogen-bond donors (Lipinski definition) is 1. The van der Waals surface area contributed by atoms with E-state index in [1.807, 2.05) is 32.2 Å². The van der Waals surface area contributed by atoms with Crippen molar-refractivity contribution in [3.63, 3.8) is 0 Å². The number of carbonyl (C=O) groups is 1. The van der Waals surface area contributed by atoms with Gasteiger partial charge in [-0.25, -0.2) is 0 Å². The minimum absolute atomic E-state index is 0.00428. The van der Waals surface area contributed by atoms with Crippen molar-refractivity contribution < 1.29 is 9.90 Å². The lowest BCUT2D eigenvalue weighted by Crippen LogP contribution is -2.29. The van der Waals surface area contributed by atoms with Crippen LogP contribution in [0.4, 0.5) is 0 Å². The zero-order valence-electron chi connectivity index (χ0n) is 12.4. The summed E-state index contributed by atoms with van der Waals surface area (Å²) in [4.78, 5) is 18.1. The zero-order valence-corrected chi connectivity index (χ0v) is 12.4. The van der Waals surface area contributed by atoms with Gasteiger partial charge in [0, 0.05) is 25.9 Å². The van der Waals surface area contributed by atoms with Crippen LogP contribution in [0.25, 0.3) is 0 Å². The van der Waals surface area contributed by atoms with Crippen molar-refractivity contribution in [1.82, 2.24) is 9.88 Å². The van der Waals surface area contributed by atoms with Crippen LogP contribution in [0.3, 0.4) is 0 Å². The SMILES string of the molecule is C[C@@H](c1cccnc1)N(C)C(=O)CCc1cccc(O)c1. The molecule has 1 N–H and O–H groups in total. The second-order valence-corrected chi connectivity index (χ2v) is 5.14. The molecule has 0 aliphatic heterocycles. The van der Waals surface area contributed by atoms with E-state index in [0.717, 1.165) is 11.1 Å². The van der Waals surface area contributed by atoms with Crippen molar-refractivity contribution in [1.29, 1.82) is 0 Å². The number of rotatable bonds is 5. The van der Waals surface area contributed by atoms with Crippen molar-refractivity contribution in [3.8, 4) is 5.75 Å². The van der Waals surface area contributed by atoms with Gasteiger partial charge in [0.05, 0.1) is 6.04 Å². The van der Waals surface area contributed by atoms with Gasteiger partial charge < -0.3 is 10.0 Å². The molecule has 4 heteroatoms. The Morgan fingerprint density at radius 2 is 2.14 bits per heavy atom. The Labute approximate surface area is 125 Å². The Hall–Kier alpha value is -2.36. The fourth-order valence-corrected chi connectivity index (χ4v) is 2.20. The molecule has 4 nitrogen and oxygen atoms in total. The molecular weight excluding hydrogens is 264 g/mol. The van der Waals surface area contributed by atoms with Crippen LogP contribution in [0.2, 0.25) is 0 Å². The molecule has 1 amide bonds. The van der Waals surface area contributed by atoms with Crippen LogP contribution in [0.1, 0.15) is 30.5 Å². The lowest BCUT2D eigenvalue weighted by molar-refractivity contribution is -0.131. The molecule has 0 spiro atoms. The molecule has 110 valence electrons. The molecule has 1 atom stereocenters.